The number of carbonyl (C=O) groups is 1. The summed E-state index contributed by atoms with van der Waals surface area (Å²) >= 11 is 5.90. The Morgan fingerprint density at radius 1 is 1.26 bits per heavy atom. The quantitative estimate of drug-likeness (QED) is 0.578. The summed E-state index contributed by atoms with van der Waals surface area (Å²) in [6, 6.07) is 5.36. The Kier molecular flexibility index (Phi) is 7.27. The van der Waals surface area contributed by atoms with Crippen molar-refractivity contribution in [2.24, 2.45) is 0 Å². The molecular weight excluding hydrogens is 312 g/mol. The van der Waals surface area contributed by atoms with E-state index in [1.54, 1.807) is 6.07 Å². The van der Waals surface area contributed by atoms with Crippen LogP contribution in [0, 0.1) is 6.92 Å². The van der Waals surface area contributed by atoms with E-state index in [0.717, 1.165) is 17.7 Å². The molecule has 0 saturated carbocycles. The Bertz CT molecular complexity index is 558. The van der Waals surface area contributed by atoms with Gasteiger partial charge in [0.2, 0.25) is 0 Å². The van der Waals surface area contributed by atoms with Crippen LogP contribution in [0.3, 0.4) is 0 Å². The van der Waals surface area contributed by atoms with Gasteiger partial charge in [-0.25, -0.2) is 4.79 Å². The number of hydrogen-bond acceptors (Lipinski definition) is 2. The summed E-state index contributed by atoms with van der Waals surface area (Å²) in [4.78, 5) is 11.7. The molecule has 0 radical (unpaired) electrons. The lowest BCUT2D eigenvalue weighted by Crippen LogP contribution is -2.38. The van der Waals surface area contributed by atoms with Crippen molar-refractivity contribution in [1.82, 2.24) is 10.6 Å². The Hall–Kier alpha value is -1.68. The third-order valence-corrected chi connectivity index (χ3v) is 4.13. The summed E-state index contributed by atoms with van der Waals surface area (Å²) in [6.07, 6.45) is 8.20. The number of hydrogen-bond donors (Lipinski definition) is 2. The van der Waals surface area contributed by atoms with Gasteiger partial charge in [-0.05, 0) is 62.8 Å². The molecule has 0 spiro atoms. The Morgan fingerprint density at radius 3 is 2.83 bits per heavy atom. The van der Waals surface area contributed by atoms with Crippen LogP contribution in [0.2, 0.25) is 5.02 Å². The third kappa shape index (κ3) is 6.53. The number of nitrogens with one attached hydrogen (secondary N) is 2. The summed E-state index contributed by atoms with van der Waals surface area (Å²) in [5.74, 6) is 0.792. The first-order valence-electron chi connectivity index (χ1n) is 8.24. The number of ether oxygens (including phenoxy) is 1. The van der Waals surface area contributed by atoms with Gasteiger partial charge in [0.25, 0.3) is 0 Å². The number of aryl methyl sites for hydroxylation is 1. The van der Waals surface area contributed by atoms with Gasteiger partial charge >= 0.3 is 6.03 Å². The molecule has 0 fully saturated rings. The van der Waals surface area contributed by atoms with Crippen LogP contribution in [-0.2, 0) is 0 Å². The van der Waals surface area contributed by atoms with Gasteiger partial charge in [0.1, 0.15) is 12.4 Å². The molecule has 126 valence electrons. The number of carbonyl (C=O) groups excluding carboxylic acids is 1. The van der Waals surface area contributed by atoms with Crippen LogP contribution in [0.5, 0.6) is 5.75 Å². The Labute approximate surface area is 143 Å². The fourth-order valence-electron chi connectivity index (χ4n) is 2.63. The van der Waals surface area contributed by atoms with Gasteiger partial charge in [-0.1, -0.05) is 23.3 Å². The standard InChI is InChI=1S/C18H25ClN2O2/c1-14-13-16(19)7-8-17(14)23-12-11-21-18(22)20-10-9-15-5-3-2-4-6-15/h5,7-8,13H,2-4,6,9-12H2,1H3,(H2,20,21,22). The number of allylic oxidation sites excluding steroid dienone is 1. The fourth-order valence-corrected chi connectivity index (χ4v) is 2.86. The maximum atomic E-state index is 11.7. The highest BCUT2D eigenvalue weighted by molar-refractivity contribution is 6.30. The summed E-state index contributed by atoms with van der Waals surface area (Å²) in [7, 11) is 0. The molecule has 0 unspecified atom stereocenters. The second-order valence-electron chi connectivity index (χ2n) is 5.80. The average Bonchev–Trinajstić information content (AvgIpc) is 2.54. The van der Waals surface area contributed by atoms with Gasteiger partial charge in [-0.3, -0.25) is 0 Å². The van der Waals surface area contributed by atoms with E-state index < -0.39 is 0 Å². The van der Waals surface area contributed by atoms with Crippen LogP contribution < -0.4 is 15.4 Å². The molecule has 0 bridgehead atoms. The molecule has 2 rings (SSSR count). The molecule has 0 aromatic heterocycles. The molecule has 0 atom stereocenters. The van der Waals surface area contributed by atoms with Crippen LogP contribution in [0.1, 0.15) is 37.7 Å². The van der Waals surface area contributed by atoms with Crippen molar-refractivity contribution in [1.29, 1.82) is 0 Å². The second kappa shape index (κ2) is 9.46. The van der Waals surface area contributed by atoms with Gasteiger partial charge in [-0.2, -0.15) is 0 Å². The first-order valence-corrected chi connectivity index (χ1v) is 8.61. The maximum Gasteiger partial charge on any atom is 0.314 e. The maximum absolute atomic E-state index is 11.7. The van der Waals surface area contributed by atoms with E-state index in [1.807, 2.05) is 19.1 Å². The molecule has 1 aliphatic carbocycles. The van der Waals surface area contributed by atoms with Crippen molar-refractivity contribution in [3.63, 3.8) is 0 Å². The van der Waals surface area contributed by atoms with E-state index in [1.165, 1.54) is 31.3 Å². The van der Waals surface area contributed by atoms with E-state index >= 15 is 0 Å². The topological polar surface area (TPSA) is 50.4 Å². The largest absolute Gasteiger partial charge is 0.491 e. The minimum atomic E-state index is -0.141. The summed E-state index contributed by atoms with van der Waals surface area (Å²) < 4.78 is 5.63. The first kappa shape index (κ1) is 17.7. The van der Waals surface area contributed by atoms with Crippen LogP contribution in [-0.4, -0.2) is 25.7 Å². The van der Waals surface area contributed by atoms with Gasteiger partial charge in [-0.15, -0.1) is 0 Å². The smallest absolute Gasteiger partial charge is 0.314 e. The molecule has 0 heterocycles. The molecule has 2 N–H and O–H groups in total. The van der Waals surface area contributed by atoms with E-state index in [2.05, 4.69) is 16.7 Å². The zero-order valence-electron chi connectivity index (χ0n) is 13.7. The van der Waals surface area contributed by atoms with E-state index in [0.29, 0.717) is 24.7 Å². The van der Waals surface area contributed by atoms with E-state index in [-0.39, 0.29) is 6.03 Å². The molecule has 4 nitrogen and oxygen atoms in total. The monoisotopic (exact) mass is 336 g/mol. The van der Waals surface area contributed by atoms with Crippen LogP contribution >= 0.6 is 11.6 Å². The van der Waals surface area contributed by atoms with Crippen LogP contribution in [0.15, 0.2) is 29.8 Å². The highest BCUT2D eigenvalue weighted by Gasteiger charge is 2.05. The number of benzene rings is 1. The number of urea groups is 1. The minimum Gasteiger partial charge on any atom is -0.491 e. The molecule has 23 heavy (non-hydrogen) atoms. The van der Waals surface area contributed by atoms with Crippen molar-refractivity contribution in [2.75, 3.05) is 19.7 Å². The first-order chi connectivity index (χ1) is 11.1. The molecule has 1 aromatic rings. The molecule has 5 heteroatoms. The second-order valence-corrected chi connectivity index (χ2v) is 6.24. The lowest BCUT2D eigenvalue weighted by Gasteiger charge is -2.13. The highest BCUT2D eigenvalue weighted by atomic mass is 35.5. The van der Waals surface area contributed by atoms with E-state index in [4.69, 9.17) is 16.3 Å². The van der Waals surface area contributed by atoms with Crippen LogP contribution in [0.25, 0.3) is 0 Å². The van der Waals surface area contributed by atoms with Gasteiger partial charge in [0.15, 0.2) is 0 Å². The van der Waals surface area contributed by atoms with Crippen molar-refractivity contribution in [3.05, 3.63) is 40.4 Å². The molecule has 1 aliphatic rings. The van der Waals surface area contributed by atoms with Crippen molar-refractivity contribution >= 4 is 17.6 Å². The number of halogens is 1. The molecule has 0 saturated heterocycles. The lowest BCUT2D eigenvalue weighted by molar-refractivity contribution is 0.236. The zero-order valence-corrected chi connectivity index (χ0v) is 14.4. The normalized spacial score (nSPS) is 14.1. The molecule has 2 amide bonds. The summed E-state index contributed by atoms with van der Waals surface area (Å²) in [6.45, 7) is 3.54. The lowest BCUT2D eigenvalue weighted by atomic mass is 9.97. The summed E-state index contributed by atoms with van der Waals surface area (Å²) in [5, 5.41) is 6.38. The minimum absolute atomic E-state index is 0.141. The third-order valence-electron chi connectivity index (χ3n) is 3.90. The Morgan fingerprint density at radius 2 is 2.09 bits per heavy atom. The van der Waals surface area contributed by atoms with Crippen molar-refractivity contribution in [3.8, 4) is 5.75 Å². The Balaban J connectivity index is 1.56. The average molecular weight is 337 g/mol. The predicted octanol–water partition coefficient (Wildman–Crippen LogP) is 4.22. The van der Waals surface area contributed by atoms with Gasteiger partial charge in [0, 0.05) is 11.6 Å². The zero-order chi connectivity index (χ0) is 16.5. The van der Waals surface area contributed by atoms with Crippen molar-refractivity contribution < 1.29 is 9.53 Å². The van der Waals surface area contributed by atoms with Crippen LogP contribution in [0.4, 0.5) is 4.79 Å². The number of rotatable bonds is 7. The van der Waals surface area contributed by atoms with Gasteiger partial charge in [0.05, 0.1) is 6.54 Å². The molecular formula is C18H25ClN2O2. The fraction of sp³-hybridized carbons (Fsp3) is 0.500. The number of amides is 2. The SMILES string of the molecule is Cc1cc(Cl)ccc1OCCNC(=O)NCCC1=CCCCC1. The van der Waals surface area contributed by atoms with Crippen molar-refractivity contribution in [2.45, 2.75) is 39.0 Å². The molecule has 0 aliphatic heterocycles. The highest BCUT2D eigenvalue weighted by Crippen LogP contribution is 2.21. The molecule has 1 aromatic carbocycles. The van der Waals surface area contributed by atoms with Gasteiger partial charge < -0.3 is 15.4 Å². The predicted molar refractivity (Wildman–Crippen MR) is 94.3 cm³/mol. The summed E-state index contributed by atoms with van der Waals surface area (Å²) in [5.41, 5.74) is 2.46. The van der Waals surface area contributed by atoms with E-state index in [9.17, 15) is 4.79 Å².